The Morgan fingerprint density at radius 1 is 1.16 bits per heavy atom. The highest BCUT2D eigenvalue weighted by Gasteiger charge is 2.05. The van der Waals surface area contributed by atoms with Crippen molar-refractivity contribution in [2.75, 3.05) is 13.3 Å². The lowest BCUT2D eigenvalue weighted by atomic mass is 10.3. The molecule has 0 saturated heterocycles. The maximum Gasteiger partial charge on any atom is 0.187 e. The van der Waals surface area contributed by atoms with Crippen molar-refractivity contribution >= 4 is 11.8 Å². The molecule has 0 atom stereocenters. The lowest BCUT2D eigenvalue weighted by Crippen LogP contribution is -2.17. The number of hydrogen-bond acceptors (Lipinski definition) is 5. The van der Waals surface area contributed by atoms with Gasteiger partial charge < -0.3 is 0 Å². The fourth-order valence-corrected chi connectivity index (χ4v) is 2.19. The van der Waals surface area contributed by atoms with Crippen LogP contribution in [0, 0.1) is 0 Å². The third-order valence-electron chi connectivity index (χ3n) is 2.78. The summed E-state index contributed by atoms with van der Waals surface area (Å²) in [6.07, 6.45) is 9.78. The van der Waals surface area contributed by atoms with E-state index in [2.05, 4.69) is 40.1 Å². The summed E-state index contributed by atoms with van der Waals surface area (Å²) in [4.78, 5) is 10.8. The molecule has 0 bridgehead atoms. The Labute approximate surface area is 118 Å². The van der Waals surface area contributed by atoms with Gasteiger partial charge in [-0.05, 0) is 20.2 Å². The molecule has 0 aliphatic rings. The minimum Gasteiger partial charge on any atom is -0.298 e. The number of aromatic nitrogens is 4. The second kappa shape index (κ2) is 6.68. The fraction of sp³-hybridized carbons (Fsp3) is 0.462. The largest absolute Gasteiger partial charge is 0.298 e. The molecule has 6 heteroatoms. The van der Waals surface area contributed by atoms with E-state index in [0.717, 1.165) is 30.4 Å². The second-order valence-corrected chi connectivity index (χ2v) is 5.23. The van der Waals surface area contributed by atoms with E-state index in [4.69, 9.17) is 0 Å². The van der Waals surface area contributed by atoms with Gasteiger partial charge in [-0.3, -0.25) is 9.58 Å². The summed E-state index contributed by atoms with van der Waals surface area (Å²) < 4.78 is 1.94. The SMILES string of the molecule is CCn1cc(CN(C)Cc2cnc(SC)nc2)cn1. The molecule has 0 unspecified atom stereocenters. The molecule has 2 aromatic heterocycles. The third kappa shape index (κ3) is 4.04. The molecule has 19 heavy (non-hydrogen) atoms. The van der Waals surface area contributed by atoms with Crippen LogP contribution in [-0.4, -0.2) is 38.0 Å². The van der Waals surface area contributed by atoms with Crippen molar-refractivity contribution in [3.63, 3.8) is 0 Å². The zero-order valence-corrected chi connectivity index (χ0v) is 12.4. The second-order valence-electron chi connectivity index (χ2n) is 4.45. The average Bonchev–Trinajstić information content (AvgIpc) is 2.87. The van der Waals surface area contributed by atoms with E-state index in [1.807, 2.05) is 29.5 Å². The van der Waals surface area contributed by atoms with E-state index in [0.29, 0.717) is 0 Å². The first-order valence-electron chi connectivity index (χ1n) is 6.26. The van der Waals surface area contributed by atoms with E-state index in [1.54, 1.807) is 11.8 Å². The van der Waals surface area contributed by atoms with Gasteiger partial charge in [-0.25, -0.2) is 9.97 Å². The molecule has 0 spiro atoms. The molecule has 0 aliphatic heterocycles. The molecule has 0 aromatic carbocycles. The molecule has 0 aliphatic carbocycles. The van der Waals surface area contributed by atoms with Gasteiger partial charge in [0.1, 0.15) is 0 Å². The first-order valence-corrected chi connectivity index (χ1v) is 7.48. The summed E-state index contributed by atoms with van der Waals surface area (Å²) in [5, 5.41) is 5.10. The molecule has 5 nitrogen and oxygen atoms in total. The predicted octanol–water partition coefficient (Wildman–Crippen LogP) is 2.05. The highest BCUT2D eigenvalue weighted by Crippen LogP contribution is 2.10. The van der Waals surface area contributed by atoms with Gasteiger partial charge in [-0.15, -0.1) is 0 Å². The Morgan fingerprint density at radius 2 is 1.84 bits per heavy atom. The topological polar surface area (TPSA) is 46.8 Å². The third-order valence-corrected chi connectivity index (χ3v) is 3.36. The summed E-state index contributed by atoms with van der Waals surface area (Å²) in [5.74, 6) is 0. The van der Waals surface area contributed by atoms with Crippen LogP contribution >= 0.6 is 11.8 Å². The predicted molar refractivity (Wildman–Crippen MR) is 76.9 cm³/mol. The zero-order chi connectivity index (χ0) is 13.7. The van der Waals surface area contributed by atoms with Crippen LogP contribution in [0.25, 0.3) is 0 Å². The minimum atomic E-state index is 0.815. The summed E-state index contributed by atoms with van der Waals surface area (Å²) >= 11 is 1.56. The van der Waals surface area contributed by atoms with Crippen LogP contribution in [0.3, 0.4) is 0 Å². The molecule has 0 fully saturated rings. The number of rotatable bonds is 6. The quantitative estimate of drug-likeness (QED) is 0.597. The molecule has 102 valence electrons. The van der Waals surface area contributed by atoms with Gasteiger partial charge >= 0.3 is 0 Å². The van der Waals surface area contributed by atoms with Gasteiger partial charge in [-0.2, -0.15) is 5.10 Å². The molecule has 2 rings (SSSR count). The Morgan fingerprint density at radius 3 is 2.42 bits per heavy atom. The summed E-state index contributed by atoms with van der Waals surface area (Å²) in [6, 6.07) is 0. The zero-order valence-electron chi connectivity index (χ0n) is 11.6. The van der Waals surface area contributed by atoms with Crippen LogP contribution in [0.15, 0.2) is 29.9 Å². The Balaban J connectivity index is 1.90. The van der Waals surface area contributed by atoms with E-state index in [9.17, 15) is 0 Å². The van der Waals surface area contributed by atoms with E-state index in [-0.39, 0.29) is 0 Å². The van der Waals surface area contributed by atoms with Crippen LogP contribution in [0.1, 0.15) is 18.1 Å². The van der Waals surface area contributed by atoms with Crippen LogP contribution in [-0.2, 0) is 19.6 Å². The monoisotopic (exact) mass is 277 g/mol. The highest BCUT2D eigenvalue weighted by atomic mass is 32.2. The molecule has 2 aromatic rings. The van der Waals surface area contributed by atoms with Gasteiger partial charge in [0.2, 0.25) is 0 Å². The van der Waals surface area contributed by atoms with E-state index < -0.39 is 0 Å². The summed E-state index contributed by atoms with van der Waals surface area (Å²) in [5.41, 5.74) is 2.36. The normalized spacial score (nSPS) is 11.2. The minimum absolute atomic E-state index is 0.815. The maximum absolute atomic E-state index is 4.28. The van der Waals surface area contributed by atoms with Crippen molar-refractivity contribution in [2.24, 2.45) is 0 Å². The van der Waals surface area contributed by atoms with Crippen LogP contribution in [0.4, 0.5) is 0 Å². The summed E-state index contributed by atoms with van der Waals surface area (Å²) in [6.45, 7) is 4.72. The first-order chi connectivity index (χ1) is 9.21. The van der Waals surface area contributed by atoms with E-state index >= 15 is 0 Å². The first kappa shape index (κ1) is 14.0. The van der Waals surface area contributed by atoms with Crippen LogP contribution in [0.5, 0.6) is 0 Å². The summed E-state index contributed by atoms with van der Waals surface area (Å²) in [7, 11) is 2.09. The standard InChI is InChI=1S/C13H19N5S/c1-4-18-10-12(7-16-18)9-17(2)8-11-5-14-13(19-3)15-6-11/h5-7,10H,4,8-9H2,1-3H3. The van der Waals surface area contributed by atoms with Gasteiger partial charge in [0.15, 0.2) is 5.16 Å². The molecule has 0 N–H and O–H groups in total. The lowest BCUT2D eigenvalue weighted by molar-refractivity contribution is 0.318. The fourth-order valence-electron chi connectivity index (χ4n) is 1.87. The molecule has 0 amide bonds. The van der Waals surface area contributed by atoms with Crippen molar-refractivity contribution in [1.29, 1.82) is 0 Å². The van der Waals surface area contributed by atoms with Crippen LogP contribution < -0.4 is 0 Å². The molecule has 2 heterocycles. The molecular weight excluding hydrogens is 258 g/mol. The Kier molecular flexibility index (Phi) is 4.93. The highest BCUT2D eigenvalue weighted by molar-refractivity contribution is 7.98. The maximum atomic E-state index is 4.28. The molecular formula is C13H19N5S. The average molecular weight is 277 g/mol. The van der Waals surface area contributed by atoms with E-state index in [1.165, 1.54) is 5.56 Å². The van der Waals surface area contributed by atoms with Crippen molar-refractivity contribution in [1.82, 2.24) is 24.6 Å². The van der Waals surface area contributed by atoms with Crippen molar-refractivity contribution in [3.8, 4) is 0 Å². The van der Waals surface area contributed by atoms with Gasteiger partial charge in [0, 0.05) is 49.4 Å². The Hall–Kier alpha value is -1.40. The number of hydrogen-bond donors (Lipinski definition) is 0. The lowest BCUT2D eigenvalue weighted by Gasteiger charge is -2.15. The van der Waals surface area contributed by atoms with Crippen molar-refractivity contribution in [2.45, 2.75) is 31.7 Å². The number of thioether (sulfide) groups is 1. The van der Waals surface area contributed by atoms with Gasteiger partial charge in [0.05, 0.1) is 6.20 Å². The number of aryl methyl sites for hydroxylation is 1. The molecule has 0 saturated carbocycles. The Bertz CT molecular complexity index is 508. The van der Waals surface area contributed by atoms with Gasteiger partial charge in [0.25, 0.3) is 0 Å². The van der Waals surface area contributed by atoms with Crippen molar-refractivity contribution < 1.29 is 0 Å². The smallest absolute Gasteiger partial charge is 0.187 e. The van der Waals surface area contributed by atoms with Crippen molar-refractivity contribution in [3.05, 3.63) is 35.9 Å². The van der Waals surface area contributed by atoms with Crippen LogP contribution in [0.2, 0.25) is 0 Å². The number of nitrogens with zero attached hydrogens (tertiary/aromatic N) is 5. The molecule has 0 radical (unpaired) electrons. The van der Waals surface area contributed by atoms with Gasteiger partial charge in [-0.1, -0.05) is 11.8 Å².